The van der Waals surface area contributed by atoms with Gasteiger partial charge in [0.05, 0.1) is 5.51 Å². The van der Waals surface area contributed by atoms with Crippen molar-refractivity contribution in [1.29, 1.82) is 0 Å². The average Bonchev–Trinajstić information content (AvgIpc) is 3.18. The van der Waals surface area contributed by atoms with E-state index in [1.54, 1.807) is 0 Å². The van der Waals surface area contributed by atoms with Gasteiger partial charge in [-0.1, -0.05) is 37.3 Å². The van der Waals surface area contributed by atoms with Crippen molar-refractivity contribution in [3.63, 3.8) is 0 Å². The van der Waals surface area contributed by atoms with Crippen LogP contribution in [-0.2, 0) is 11.3 Å². The lowest BCUT2D eigenvalue weighted by molar-refractivity contribution is -0.115. The Morgan fingerprint density at radius 1 is 1.29 bits per heavy atom. The summed E-state index contributed by atoms with van der Waals surface area (Å²) < 4.78 is 0. The number of hydrogen-bond acceptors (Lipinski definition) is 5. The highest BCUT2D eigenvalue weighted by Crippen LogP contribution is 2.39. The molecule has 6 heteroatoms. The summed E-state index contributed by atoms with van der Waals surface area (Å²) in [7, 11) is 0. The molecule has 2 fully saturated rings. The van der Waals surface area contributed by atoms with E-state index < -0.39 is 0 Å². The molecule has 0 bridgehead atoms. The molecule has 0 saturated carbocycles. The summed E-state index contributed by atoms with van der Waals surface area (Å²) in [6.45, 7) is 6.07. The van der Waals surface area contributed by atoms with Crippen molar-refractivity contribution in [2.75, 3.05) is 29.9 Å². The summed E-state index contributed by atoms with van der Waals surface area (Å²) in [5, 5.41) is 3.87. The molecule has 126 valence electrons. The summed E-state index contributed by atoms with van der Waals surface area (Å²) in [4.78, 5) is 21.1. The van der Waals surface area contributed by atoms with Gasteiger partial charge >= 0.3 is 0 Å². The highest BCUT2D eigenvalue weighted by atomic mass is 32.1. The number of anilines is 2. The highest BCUT2D eigenvalue weighted by molar-refractivity contribution is 7.14. The maximum absolute atomic E-state index is 11.7. The van der Waals surface area contributed by atoms with Crippen molar-refractivity contribution in [2.24, 2.45) is 5.92 Å². The minimum absolute atomic E-state index is 0.0494. The number of amides is 1. The van der Waals surface area contributed by atoms with E-state index in [4.69, 9.17) is 0 Å². The van der Waals surface area contributed by atoms with Crippen LogP contribution in [0.15, 0.2) is 35.8 Å². The van der Waals surface area contributed by atoms with Gasteiger partial charge in [0.25, 0.3) is 0 Å². The standard InChI is InChI=1S/C18H22N4OS/c1-2-16(23)20-18-17(19-12-24-18)22-10-14-9-21(15(14)11-22)8-13-6-4-3-5-7-13/h3-7,12,14-15H,2,8-11H2,1H3,(H,20,23). The maximum Gasteiger partial charge on any atom is 0.224 e. The van der Waals surface area contributed by atoms with E-state index in [0.29, 0.717) is 18.4 Å². The summed E-state index contributed by atoms with van der Waals surface area (Å²) in [5.41, 5.74) is 3.20. The number of aromatic nitrogens is 1. The van der Waals surface area contributed by atoms with Gasteiger partial charge in [0.2, 0.25) is 5.91 Å². The van der Waals surface area contributed by atoms with Crippen LogP contribution in [-0.4, -0.2) is 41.5 Å². The fraction of sp³-hybridized carbons (Fsp3) is 0.444. The van der Waals surface area contributed by atoms with Gasteiger partial charge in [-0.3, -0.25) is 9.69 Å². The van der Waals surface area contributed by atoms with Crippen LogP contribution in [0.2, 0.25) is 0 Å². The van der Waals surface area contributed by atoms with Crippen molar-refractivity contribution in [1.82, 2.24) is 9.88 Å². The van der Waals surface area contributed by atoms with Crippen molar-refractivity contribution in [2.45, 2.75) is 25.9 Å². The minimum Gasteiger partial charge on any atom is -0.352 e. The molecule has 2 aliphatic rings. The highest BCUT2D eigenvalue weighted by Gasteiger charge is 2.46. The Labute approximate surface area is 146 Å². The summed E-state index contributed by atoms with van der Waals surface area (Å²) >= 11 is 1.51. The topological polar surface area (TPSA) is 48.5 Å². The van der Waals surface area contributed by atoms with Gasteiger partial charge in [-0.2, -0.15) is 0 Å². The Bertz CT molecular complexity index is 717. The van der Waals surface area contributed by atoms with E-state index in [1.165, 1.54) is 16.9 Å². The predicted octanol–water partition coefficient (Wildman–Crippen LogP) is 2.81. The third kappa shape index (κ3) is 2.91. The van der Waals surface area contributed by atoms with E-state index in [1.807, 2.05) is 12.4 Å². The van der Waals surface area contributed by atoms with E-state index in [9.17, 15) is 4.79 Å². The number of rotatable bonds is 5. The third-order valence-electron chi connectivity index (χ3n) is 5.00. The van der Waals surface area contributed by atoms with Crippen LogP contribution in [0.25, 0.3) is 0 Å². The number of nitrogens with one attached hydrogen (secondary N) is 1. The van der Waals surface area contributed by atoms with Gasteiger partial charge in [-0.25, -0.2) is 4.98 Å². The third-order valence-corrected chi connectivity index (χ3v) is 5.73. The predicted molar refractivity (Wildman–Crippen MR) is 97.4 cm³/mol. The van der Waals surface area contributed by atoms with Gasteiger partial charge in [-0.15, -0.1) is 11.3 Å². The first-order valence-corrected chi connectivity index (χ1v) is 9.39. The second-order valence-electron chi connectivity index (χ2n) is 6.55. The van der Waals surface area contributed by atoms with Crippen LogP contribution >= 0.6 is 11.3 Å². The number of hydrogen-bond donors (Lipinski definition) is 1. The zero-order chi connectivity index (χ0) is 16.5. The molecule has 1 amide bonds. The van der Waals surface area contributed by atoms with Gasteiger partial charge < -0.3 is 10.2 Å². The van der Waals surface area contributed by atoms with Gasteiger partial charge in [-0.05, 0) is 5.56 Å². The molecule has 2 aromatic rings. The smallest absolute Gasteiger partial charge is 0.224 e. The quantitative estimate of drug-likeness (QED) is 0.908. The molecular formula is C18H22N4OS. The maximum atomic E-state index is 11.7. The molecular weight excluding hydrogens is 320 g/mol. The number of benzene rings is 1. The number of carbonyl (C=O) groups is 1. The Hall–Kier alpha value is -1.92. The second-order valence-corrected chi connectivity index (χ2v) is 7.41. The molecule has 3 heterocycles. The molecule has 24 heavy (non-hydrogen) atoms. The van der Waals surface area contributed by atoms with Gasteiger partial charge in [0, 0.05) is 44.6 Å². The Morgan fingerprint density at radius 3 is 2.92 bits per heavy atom. The van der Waals surface area contributed by atoms with Crippen LogP contribution in [0.5, 0.6) is 0 Å². The Kier molecular flexibility index (Phi) is 4.24. The van der Waals surface area contributed by atoms with Crippen LogP contribution in [0.3, 0.4) is 0 Å². The van der Waals surface area contributed by atoms with Crippen molar-refractivity contribution in [3.8, 4) is 0 Å². The average molecular weight is 342 g/mol. The van der Waals surface area contributed by atoms with Gasteiger partial charge in [0.15, 0.2) is 5.82 Å². The Balaban J connectivity index is 1.41. The number of carbonyl (C=O) groups excluding carboxylic acids is 1. The molecule has 2 saturated heterocycles. The lowest BCUT2D eigenvalue weighted by atomic mass is 9.91. The first-order chi connectivity index (χ1) is 11.7. The molecule has 2 unspecified atom stereocenters. The molecule has 1 N–H and O–H groups in total. The fourth-order valence-electron chi connectivity index (χ4n) is 3.68. The number of nitrogens with zero attached hydrogens (tertiary/aromatic N) is 3. The monoisotopic (exact) mass is 342 g/mol. The minimum atomic E-state index is 0.0494. The molecule has 1 aromatic heterocycles. The van der Waals surface area contributed by atoms with E-state index in [0.717, 1.165) is 37.0 Å². The molecule has 4 rings (SSSR count). The number of fused-ring (bicyclic) bond motifs is 1. The molecule has 5 nitrogen and oxygen atoms in total. The van der Waals surface area contributed by atoms with Crippen LogP contribution in [0.1, 0.15) is 18.9 Å². The van der Waals surface area contributed by atoms with Gasteiger partial charge in [0.1, 0.15) is 5.00 Å². The van der Waals surface area contributed by atoms with Crippen molar-refractivity contribution >= 4 is 28.1 Å². The SMILES string of the molecule is CCC(=O)Nc1scnc1N1CC2CN(Cc3ccccc3)C2C1. The van der Waals surface area contributed by atoms with Crippen LogP contribution < -0.4 is 10.2 Å². The molecule has 2 aliphatic heterocycles. The van der Waals surface area contributed by atoms with Crippen LogP contribution in [0.4, 0.5) is 10.8 Å². The normalized spacial score (nSPS) is 23.0. The summed E-state index contributed by atoms with van der Waals surface area (Å²) in [6.07, 6.45) is 0.493. The lowest BCUT2D eigenvalue weighted by Gasteiger charge is -2.43. The zero-order valence-electron chi connectivity index (χ0n) is 13.8. The van der Waals surface area contributed by atoms with Crippen molar-refractivity contribution < 1.29 is 4.79 Å². The van der Waals surface area contributed by atoms with Crippen molar-refractivity contribution in [3.05, 3.63) is 41.4 Å². The zero-order valence-corrected chi connectivity index (χ0v) is 14.6. The molecule has 0 radical (unpaired) electrons. The largest absolute Gasteiger partial charge is 0.352 e. The summed E-state index contributed by atoms with van der Waals surface area (Å²) in [6, 6.07) is 11.3. The number of likely N-dealkylation sites (tertiary alicyclic amines) is 1. The van der Waals surface area contributed by atoms with Crippen LogP contribution in [0, 0.1) is 5.92 Å². The van der Waals surface area contributed by atoms with E-state index >= 15 is 0 Å². The van der Waals surface area contributed by atoms with E-state index in [2.05, 4.69) is 50.4 Å². The second kappa shape index (κ2) is 6.53. The molecule has 0 aliphatic carbocycles. The summed E-state index contributed by atoms with van der Waals surface area (Å²) in [5.74, 6) is 1.70. The first kappa shape index (κ1) is 15.6. The number of thiazole rings is 1. The molecule has 1 aromatic carbocycles. The Morgan fingerprint density at radius 2 is 2.12 bits per heavy atom. The lowest BCUT2D eigenvalue weighted by Crippen LogP contribution is -2.54. The molecule has 2 atom stereocenters. The first-order valence-electron chi connectivity index (χ1n) is 8.51. The molecule has 0 spiro atoms. The fourth-order valence-corrected chi connectivity index (χ4v) is 4.40. The van der Waals surface area contributed by atoms with E-state index in [-0.39, 0.29) is 5.91 Å².